The first-order valence-corrected chi connectivity index (χ1v) is 7.09. The summed E-state index contributed by atoms with van der Waals surface area (Å²) in [6.45, 7) is 1.61. The molecule has 1 aromatic carbocycles. The van der Waals surface area contributed by atoms with E-state index in [-0.39, 0.29) is 23.7 Å². The van der Waals surface area contributed by atoms with Crippen LogP contribution in [-0.2, 0) is 4.79 Å². The molecule has 1 aliphatic rings. The number of carbonyl (C=O) groups is 2. The number of rotatable bonds is 4. The molecule has 19 heavy (non-hydrogen) atoms. The Labute approximate surface area is 119 Å². The number of benzene rings is 1. The van der Waals surface area contributed by atoms with Crippen molar-refractivity contribution in [3.8, 4) is 0 Å². The molecule has 0 radical (unpaired) electrons. The zero-order chi connectivity index (χ0) is 13.8. The topological polar surface area (TPSA) is 46.2 Å². The number of nitrogens with one attached hydrogen (secondary N) is 1. The quantitative estimate of drug-likeness (QED) is 0.683. The van der Waals surface area contributed by atoms with E-state index in [1.807, 2.05) is 0 Å². The van der Waals surface area contributed by atoms with Gasteiger partial charge in [-0.2, -0.15) is 0 Å². The number of ketones is 2. The van der Waals surface area contributed by atoms with Crippen molar-refractivity contribution in [3.05, 3.63) is 34.1 Å². The van der Waals surface area contributed by atoms with E-state index >= 15 is 0 Å². The van der Waals surface area contributed by atoms with E-state index < -0.39 is 11.6 Å². The fourth-order valence-electron chi connectivity index (χ4n) is 2.26. The second-order valence-corrected chi connectivity index (χ2v) is 5.63. The fraction of sp³-hybridized carbons (Fsp3) is 0.429. The first-order valence-electron chi connectivity index (χ1n) is 6.29. The van der Waals surface area contributed by atoms with Gasteiger partial charge in [-0.1, -0.05) is 15.9 Å². The summed E-state index contributed by atoms with van der Waals surface area (Å²) in [5, 5.41) is 3.17. The molecule has 0 atom stereocenters. The third-order valence-electron chi connectivity index (χ3n) is 3.36. The minimum atomic E-state index is -0.586. The van der Waals surface area contributed by atoms with Gasteiger partial charge in [0.2, 0.25) is 0 Å². The molecule has 0 amide bonds. The Hall–Kier alpha value is -1.07. The van der Waals surface area contributed by atoms with Gasteiger partial charge < -0.3 is 5.32 Å². The highest BCUT2D eigenvalue weighted by atomic mass is 79.9. The van der Waals surface area contributed by atoms with Gasteiger partial charge >= 0.3 is 0 Å². The van der Waals surface area contributed by atoms with Crippen LogP contribution in [0.2, 0.25) is 0 Å². The molecule has 2 rings (SSSR count). The predicted octanol–water partition coefficient (Wildman–Crippen LogP) is 2.73. The molecule has 0 bridgehead atoms. The third-order valence-corrected chi connectivity index (χ3v) is 3.85. The van der Waals surface area contributed by atoms with Gasteiger partial charge in [-0.05, 0) is 44.1 Å². The average Bonchev–Trinajstić information content (AvgIpc) is 2.39. The summed E-state index contributed by atoms with van der Waals surface area (Å²) in [4.78, 5) is 23.9. The van der Waals surface area contributed by atoms with Gasteiger partial charge in [0.15, 0.2) is 5.78 Å². The molecule has 1 fully saturated rings. The van der Waals surface area contributed by atoms with Crippen LogP contribution in [-0.4, -0.2) is 24.7 Å². The van der Waals surface area contributed by atoms with Crippen LogP contribution in [0.5, 0.6) is 0 Å². The Kier molecular flexibility index (Phi) is 4.82. The molecule has 0 aromatic heterocycles. The predicted molar refractivity (Wildman–Crippen MR) is 73.6 cm³/mol. The lowest BCUT2D eigenvalue weighted by Gasteiger charge is -2.21. The van der Waals surface area contributed by atoms with Crippen molar-refractivity contribution in [2.45, 2.75) is 19.3 Å². The van der Waals surface area contributed by atoms with Crippen molar-refractivity contribution >= 4 is 27.5 Å². The molecular weight excluding hydrogens is 313 g/mol. The highest BCUT2D eigenvalue weighted by Gasteiger charge is 2.24. The number of carbonyl (C=O) groups excluding carboxylic acids is 2. The van der Waals surface area contributed by atoms with E-state index in [0.29, 0.717) is 4.47 Å². The standard InChI is InChI=1S/C14H15BrFNO2/c15-10-1-2-11(12(16)7-10)14(19)8-13(18)9-3-5-17-6-4-9/h1-2,7,9,17H,3-6,8H2. The Morgan fingerprint density at radius 2 is 2.00 bits per heavy atom. The molecular formula is C14H15BrFNO2. The lowest BCUT2D eigenvalue weighted by Crippen LogP contribution is -2.32. The Morgan fingerprint density at radius 1 is 1.32 bits per heavy atom. The van der Waals surface area contributed by atoms with Gasteiger partial charge in [-0.25, -0.2) is 4.39 Å². The highest BCUT2D eigenvalue weighted by molar-refractivity contribution is 9.10. The maximum absolute atomic E-state index is 13.6. The lowest BCUT2D eigenvalue weighted by molar-refractivity contribution is -0.122. The molecule has 1 aromatic rings. The zero-order valence-electron chi connectivity index (χ0n) is 10.4. The summed E-state index contributed by atoms with van der Waals surface area (Å²) in [5.41, 5.74) is -0.00881. The molecule has 102 valence electrons. The second kappa shape index (κ2) is 6.39. The molecule has 0 aliphatic carbocycles. The molecule has 5 heteroatoms. The van der Waals surface area contributed by atoms with E-state index in [2.05, 4.69) is 21.2 Å². The van der Waals surface area contributed by atoms with Crippen molar-refractivity contribution in [1.29, 1.82) is 0 Å². The molecule has 1 N–H and O–H groups in total. The minimum Gasteiger partial charge on any atom is -0.317 e. The van der Waals surface area contributed by atoms with Crippen molar-refractivity contribution in [2.75, 3.05) is 13.1 Å². The van der Waals surface area contributed by atoms with Gasteiger partial charge in [0.1, 0.15) is 11.6 Å². The second-order valence-electron chi connectivity index (χ2n) is 4.71. The maximum Gasteiger partial charge on any atom is 0.173 e. The molecule has 1 aliphatic heterocycles. The van der Waals surface area contributed by atoms with Crippen molar-refractivity contribution in [2.24, 2.45) is 5.92 Å². The first-order chi connectivity index (χ1) is 9.08. The van der Waals surface area contributed by atoms with Gasteiger partial charge in [-0.15, -0.1) is 0 Å². The van der Waals surface area contributed by atoms with Crippen molar-refractivity contribution < 1.29 is 14.0 Å². The number of piperidine rings is 1. The van der Waals surface area contributed by atoms with Crippen LogP contribution < -0.4 is 5.32 Å². The monoisotopic (exact) mass is 327 g/mol. The summed E-state index contributed by atoms with van der Waals surface area (Å²) >= 11 is 3.13. The SMILES string of the molecule is O=C(CC(=O)C1CCNCC1)c1ccc(Br)cc1F. The van der Waals surface area contributed by atoms with Gasteiger partial charge in [0.25, 0.3) is 0 Å². The van der Waals surface area contributed by atoms with Crippen LogP contribution in [0.4, 0.5) is 4.39 Å². The molecule has 1 saturated heterocycles. The summed E-state index contributed by atoms with van der Waals surface area (Å²) < 4.78 is 14.2. The molecule has 3 nitrogen and oxygen atoms in total. The maximum atomic E-state index is 13.6. The summed E-state index contributed by atoms with van der Waals surface area (Å²) in [5.74, 6) is -1.16. The number of hydrogen-bond acceptors (Lipinski definition) is 3. The number of halogens is 2. The fourth-order valence-corrected chi connectivity index (χ4v) is 2.59. The van der Waals surface area contributed by atoms with E-state index in [1.165, 1.54) is 12.1 Å². The van der Waals surface area contributed by atoms with Crippen LogP contribution in [0.15, 0.2) is 22.7 Å². The van der Waals surface area contributed by atoms with E-state index in [0.717, 1.165) is 25.9 Å². The zero-order valence-corrected chi connectivity index (χ0v) is 12.0. The normalized spacial score (nSPS) is 16.3. The third kappa shape index (κ3) is 3.70. The van der Waals surface area contributed by atoms with Gasteiger partial charge in [0, 0.05) is 10.4 Å². The molecule has 1 heterocycles. The van der Waals surface area contributed by atoms with Crippen molar-refractivity contribution in [3.63, 3.8) is 0 Å². The van der Waals surface area contributed by atoms with E-state index in [1.54, 1.807) is 6.07 Å². The largest absolute Gasteiger partial charge is 0.317 e. The average molecular weight is 328 g/mol. The molecule has 0 spiro atoms. The summed E-state index contributed by atoms with van der Waals surface area (Å²) in [6, 6.07) is 4.25. The Morgan fingerprint density at radius 3 is 2.63 bits per heavy atom. The molecule has 0 unspecified atom stereocenters. The number of Topliss-reactive ketones (excluding diaryl/α,β-unsaturated/α-hetero) is 2. The van der Waals surface area contributed by atoms with Crippen LogP contribution >= 0.6 is 15.9 Å². The summed E-state index contributed by atoms with van der Waals surface area (Å²) in [7, 11) is 0. The minimum absolute atomic E-state index is 0.00881. The van der Waals surface area contributed by atoms with Crippen molar-refractivity contribution in [1.82, 2.24) is 5.32 Å². The van der Waals surface area contributed by atoms with E-state index in [9.17, 15) is 14.0 Å². The van der Waals surface area contributed by atoms with Crippen LogP contribution in [0.1, 0.15) is 29.6 Å². The van der Waals surface area contributed by atoms with Crippen LogP contribution in [0.3, 0.4) is 0 Å². The highest BCUT2D eigenvalue weighted by Crippen LogP contribution is 2.19. The van der Waals surface area contributed by atoms with Crippen LogP contribution in [0.25, 0.3) is 0 Å². The van der Waals surface area contributed by atoms with Crippen LogP contribution in [0, 0.1) is 11.7 Å². The Balaban J connectivity index is 2.02. The molecule has 0 saturated carbocycles. The van der Waals surface area contributed by atoms with Gasteiger partial charge in [-0.3, -0.25) is 9.59 Å². The number of hydrogen-bond donors (Lipinski definition) is 1. The van der Waals surface area contributed by atoms with Gasteiger partial charge in [0.05, 0.1) is 12.0 Å². The van der Waals surface area contributed by atoms with E-state index in [4.69, 9.17) is 0 Å². The Bertz CT molecular complexity index is 498. The lowest BCUT2D eigenvalue weighted by atomic mass is 9.90. The smallest absolute Gasteiger partial charge is 0.173 e. The first kappa shape index (κ1) is 14.3. The summed E-state index contributed by atoms with van der Waals surface area (Å²) in [6.07, 6.45) is 1.31.